The third-order valence-corrected chi connectivity index (χ3v) is 4.24. The third-order valence-electron chi connectivity index (χ3n) is 4.24. The Bertz CT molecular complexity index is 484. The van der Waals surface area contributed by atoms with E-state index < -0.39 is 0 Å². The predicted molar refractivity (Wildman–Crippen MR) is 75.5 cm³/mol. The van der Waals surface area contributed by atoms with E-state index in [-0.39, 0.29) is 5.97 Å². The minimum absolute atomic E-state index is 0.253. The van der Waals surface area contributed by atoms with Crippen LogP contribution < -0.4 is 0 Å². The zero-order valence-corrected chi connectivity index (χ0v) is 11.9. The first-order chi connectivity index (χ1) is 9.79. The van der Waals surface area contributed by atoms with Crippen molar-refractivity contribution in [2.45, 2.75) is 25.4 Å². The highest BCUT2D eigenvalue weighted by molar-refractivity contribution is 5.90. The molecule has 1 saturated heterocycles. The lowest BCUT2D eigenvalue weighted by atomic mass is 10.0. The molecule has 1 aliphatic carbocycles. The van der Waals surface area contributed by atoms with Gasteiger partial charge in [-0.05, 0) is 30.4 Å². The number of morpholine rings is 1. The van der Waals surface area contributed by atoms with Gasteiger partial charge in [0.25, 0.3) is 0 Å². The summed E-state index contributed by atoms with van der Waals surface area (Å²) in [5, 5.41) is 0. The zero-order valence-electron chi connectivity index (χ0n) is 11.9. The fourth-order valence-electron chi connectivity index (χ4n) is 2.95. The van der Waals surface area contributed by atoms with E-state index in [1.807, 2.05) is 24.3 Å². The molecule has 0 N–H and O–H groups in total. The molecule has 0 radical (unpaired) electrons. The van der Waals surface area contributed by atoms with Gasteiger partial charge in [0.15, 0.2) is 0 Å². The molecule has 0 bridgehead atoms. The number of carbonyl (C=O) groups excluding carboxylic acids is 1. The molecule has 2 aliphatic rings. The number of nitrogens with zero attached hydrogens (tertiary/aromatic N) is 1. The van der Waals surface area contributed by atoms with E-state index in [9.17, 15) is 4.79 Å². The summed E-state index contributed by atoms with van der Waals surface area (Å²) < 4.78 is 10.5. The molecular formula is C16H21NO3. The second kappa shape index (κ2) is 5.94. The normalized spacial score (nSPS) is 23.6. The Labute approximate surface area is 119 Å². The van der Waals surface area contributed by atoms with Crippen molar-refractivity contribution in [3.63, 3.8) is 0 Å². The molecule has 1 saturated carbocycles. The van der Waals surface area contributed by atoms with Gasteiger partial charge in [0.2, 0.25) is 0 Å². The van der Waals surface area contributed by atoms with E-state index in [1.54, 1.807) is 0 Å². The van der Waals surface area contributed by atoms with Gasteiger partial charge in [-0.3, -0.25) is 4.90 Å². The van der Waals surface area contributed by atoms with E-state index in [0.717, 1.165) is 37.8 Å². The van der Waals surface area contributed by atoms with Crippen LogP contribution >= 0.6 is 0 Å². The largest absolute Gasteiger partial charge is 0.465 e. The number of benzene rings is 1. The molecule has 108 valence electrons. The van der Waals surface area contributed by atoms with Gasteiger partial charge in [0.1, 0.15) is 0 Å². The molecule has 1 aromatic carbocycles. The minimum Gasteiger partial charge on any atom is -0.465 e. The van der Waals surface area contributed by atoms with Crippen molar-refractivity contribution in [1.29, 1.82) is 0 Å². The lowest BCUT2D eigenvalue weighted by Gasteiger charge is -2.36. The molecule has 1 aliphatic heterocycles. The summed E-state index contributed by atoms with van der Waals surface area (Å²) in [7, 11) is 1.43. The number of ether oxygens (including phenoxy) is 2. The van der Waals surface area contributed by atoms with E-state index in [4.69, 9.17) is 9.47 Å². The monoisotopic (exact) mass is 275 g/mol. The molecule has 0 spiro atoms. The van der Waals surface area contributed by atoms with Gasteiger partial charge in [-0.25, -0.2) is 4.79 Å². The van der Waals surface area contributed by atoms with E-state index in [2.05, 4.69) is 4.90 Å². The number of rotatable bonds is 4. The fraction of sp³-hybridized carbons (Fsp3) is 0.562. The van der Waals surface area contributed by atoms with Crippen molar-refractivity contribution >= 4 is 5.97 Å². The molecule has 0 unspecified atom stereocenters. The summed E-state index contributed by atoms with van der Waals surface area (Å²) in [5.74, 6) is 0.525. The first kappa shape index (κ1) is 13.6. The van der Waals surface area contributed by atoms with Crippen LogP contribution in [0.25, 0.3) is 0 Å². The van der Waals surface area contributed by atoms with Crippen LogP contribution in [0.15, 0.2) is 24.3 Å². The predicted octanol–water partition coefficient (Wildman–Crippen LogP) is 2.08. The molecular weight excluding hydrogens is 254 g/mol. The molecule has 0 amide bonds. The molecule has 1 heterocycles. The van der Waals surface area contributed by atoms with Gasteiger partial charge < -0.3 is 9.47 Å². The lowest BCUT2D eigenvalue weighted by molar-refractivity contribution is -0.0199. The second-order valence-corrected chi connectivity index (χ2v) is 5.60. The highest BCUT2D eigenvalue weighted by atomic mass is 16.5. The molecule has 4 heteroatoms. The zero-order chi connectivity index (χ0) is 13.9. The Kier molecular flexibility index (Phi) is 4.03. The van der Waals surface area contributed by atoms with Crippen molar-refractivity contribution in [3.05, 3.63) is 35.4 Å². The van der Waals surface area contributed by atoms with Crippen molar-refractivity contribution < 1.29 is 14.3 Å². The summed E-state index contributed by atoms with van der Waals surface area (Å²) in [6, 6.07) is 8.23. The van der Waals surface area contributed by atoms with Gasteiger partial charge in [-0.15, -0.1) is 0 Å². The van der Waals surface area contributed by atoms with Gasteiger partial charge in [-0.2, -0.15) is 0 Å². The SMILES string of the molecule is COC(=O)c1ccccc1CN1CCOC[C@H]1C1CC1. The van der Waals surface area contributed by atoms with Gasteiger partial charge in [0, 0.05) is 19.1 Å². The molecule has 0 aromatic heterocycles. The molecule has 2 fully saturated rings. The summed E-state index contributed by atoms with van der Waals surface area (Å²) in [5.41, 5.74) is 1.72. The molecule has 4 nitrogen and oxygen atoms in total. The summed E-state index contributed by atoms with van der Waals surface area (Å²) in [6.07, 6.45) is 2.62. The third kappa shape index (κ3) is 2.86. The topological polar surface area (TPSA) is 38.8 Å². The molecule has 3 rings (SSSR count). The van der Waals surface area contributed by atoms with Crippen LogP contribution in [-0.4, -0.2) is 43.8 Å². The maximum Gasteiger partial charge on any atom is 0.338 e. The van der Waals surface area contributed by atoms with Crippen molar-refractivity contribution in [2.75, 3.05) is 26.9 Å². The highest BCUT2D eigenvalue weighted by Crippen LogP contribution is 2.37. The smallest absolute Gasteiger partial charge is 0.338 e. The van der Waals surface area contributed by atoms with Gasteiger partial charge in [0.05, 0.1) is 25.9 Å². The first-order valence-electron chi connectivity index (χ1n) is 7.27. The first-order valence-corrected chi connectivity index (χ1v) is 7.27. The molecule has 1 aromatic rings. The highest BCUT2D eigenvalue weighted by Gasteiger charge is 2.37. The molecule has 20 heavy (non-hydrogen) atoms. The van der Waals surface area contributed by atoms with Crippen molar-refractivity contribution in [3.8, 4) is 0 Å². The molecule has 1 atom stereocenters. The Balaban J connectivity index is 1.77. The van der Waals surface area contributed by atoms with Crippen LogP contribution in [-0.2, 0) is 16.0 Å². The average Bonchev–Trinajstić information content (AvgIpc) is 3.32. The van der Waals surface area contributed by atoms with Crippen LogP contribution in [0.3, 0.4) is 0 Å². The van der Waals surface area contributed by atoms with E-state index >= 15 is 0 Å². The maximum absolute atomic E-state index is 11.8. The van der Waals surface area contributed by atoms with Crippen LogP contribution in [0.2, 0.25) is 0 Å². The minimum atomic E-state index is -0.253. The Morgan fingerprint density at radius 1 is 1.40 bits per heavy atom. The van der Waals surface area contributed by atoms with Gasteiger partial charge >= 0.3 is 5.97 Å². The van der Waals surface area contributed by atoms with Crippen molar-refractivity contribution in [2.24, 2.45) is 5.92 Å². The standard InChI is InChI=1S/C16H21NO3/c1-19-16(18)14-5-3-2-4-13(14)10-17-8-9-20-11-15(17)12-6-7-12/h2-5,12,15H,6-11H2,1H3/t15-/m0/s1. The Morgan fingerprint density at radius 3 is 2.95 bits per heavy atom. The van der Waals surface area contributed by atoms with Crippen LogP contribution in [0, 0.1) is 5.92 Å². The van der Waals surface area contributed by atoms with Crippen LogP contribution in [0.4, 0.5) is 0 Å². The van der Waals surface area contributed by atoms with E-state index in [1.165, 1.54) is 20.0 Å². The lowest BCUT2D eigenvalue weighted by Crippen LogP contribution is -2.46. The number of hydrogen-bond acceptors (Lipinski definition) is 4. The maximum atomic E-state index is 11.8. The summed E-state index contributed by atoms with van der Waals surface area (Å²) >= 11 is 0. The second-order valence-electron chi connectivity index (χ2n) is 5.60. The quantitative estimate of drug-likeness (QED) is 0.789. The fourth-order valence-corrected chi connectivity index (χ4v) is 2.95. The number of esters is 1. The van der Waals surface area contributed by atoms with Crippen molar-refractivity contribution in [1.82, 2.24) is 4.90 Å². The number of carbonyl (C=O) groups is 1. The Hall–Kier alpha value is -1.39. The average molecular weight is 275 g/mol. The summed E-state index contributed by atoms with van der Waals surface area (Å²) in [6.45, 7) is 3.35. The van der Waals surface area contributed by atoms with Gasteiger partial charge in [-0.1, -0.05) is 18.2 Å². The van der Waals surface area contributed by atoms with Crippen LogP contribution in [0.1, 0.15) is 28.8 Å². The number of hydrogen-bond donors (Lipinski definition) is 0. The van der Waals surface area contributed by atoms with Crippen LogP contribution in [0.5, 0.6) is 0 Å². The Morgan fingerprint density at radius 2 is 2.20 bits per heavy atom. The van der Waals surface area contributed by atoms with E-state index in [0.29, 0.717) is 11.6 Å². The number of methoxy groups -OCH3 is 1. The summed E-state index contributed by atoms with van der Waals surface area (Å²) in [4.78, 5) is 14.3.